The predicted molar refractivity (Wildman–Crippen MR) is 74.1 cm³/mol. The van der Waals surface area contributed by atoms with Crippen molar-refractivity contribution in [1.29, 1.82) is 5.26 Å². The predicted octanol–water partition coefficient (Wildman–Crippen LogP) is 0.532. The smallest absolute Gasteiger partial charge is 0.245 e. The number of nitrogens with two attached hydrogens (primary N) is 1. The number of nitriles is 1. The van der Waals surface area contributed by atoms with E-state index in [-0.39, 0.29) is 16.5 Å². The van der Waals surface area contributed by atoms with E-state index in [1.807, 2.05) is 6.07 Å². The number of rotatable bonds is 3. The maximum absolute atomic E-state index is 12.5. The van der Waals surface area contributed by atoms with E-state index in [1.54, 1.807) is 6.92 Å². The maximum atomic E-state index is 12.5. The molecule has 2 unspecified atom stereocenters. The Morgan fingerprint density at radius 3 is 2.75 bits per heavy atom. The Kier molecular flexibility index (Phi) is 3.99. The third-order valence-electron chi connectivity index (χ3n) is 3.63. The Morgan fingerprint density at radius 2 is 2.25 bits per heavy atom. The summed E-state index contributed by atoms with van der Waals surface area (Å²) < 4.78 is 26.3. The van der Waals surface area contributed by atoms with Crippen molar-refractivity contribution in [3.63, 3.8) is 0 Å². The molecule has 2 rings (SSSR count). The van der Waals surface area contributed by atoms with E-state index in [1.165, 1.54) is 22.5 Å². The molecule has 1 aromatic carbocycles. The van der Waals surface area contributed by atoms with Crippen LogP contribution in [0.4, 0.5) is 5.69 Å². The van der Waals surface area contributed by atoms with Crippen molar-refractivity contribution in [2.75, 3.05) is 18.8 Å². The SMILES string of the molecule is CC(O)C1CCN(S(=O)(=O)c2ccc(C#N)cc2N)C1. The number of aliphatic hydroxyl groups excluding tert-OH is 1. The first-order valence-electron chi connectivity index (χ1n) is 6.34. The lowest BCUT2D eigenvalue weighted by atomic mass is 10.0. The van der Waals surface area contributed by atoms with Crippen LogP contribution in [0.5, 0.6) is 0 Å². The number of aliphatic hydroxyl groups is 1. The van der Waals surface area contributed by atoms with Gasteiger partial charge in [0.15, 0.2) is 0 Å². The fourth-order valence-corrected chi connectivity index (χ4v) is 3.97. The molecule has 1 fully saturated rings. The molecule has 2 atom stereocenters. The quantitative estimate of drug-likeness (QED) is 0.791. The van der Waals surface area contributed by atoms with Crippen LogP contribution in [-0.2, 0) is 10.0 Å². The third kappa shape index (κ3) is 2.63. The van der Waals surface area contributed by atoms with Gasteiger partial charge < -0.3 is 10.8 Å². The van der Waals surface area contributed by atoms with Gasteiger partial charge >= 0.3 is 0 Å². The number of nitrogen functional groups attached to an aromatic ring is 1. The molecule has 1 aromatic rings. The summed E-state index contributed by atoms with van der Waals surface area (Å²) in [5.41, 5.74) is 6.14. The monoisotopic (exact) mass is 295 g/mol. The first-order valence-corrected chi connectivity index (χ1v) is 7.78. The molecule has 1 saturated heterocycles. The highest BCUT2D eigenvalue weighted by atomic mass is 32.2. The van der Waals surface area contributed by atoms with Crippen LogP contribution in [-0.4, -0.2) is 37.0 Å². The second kappa shape index (κ2) is 5.40. The lowest BCUT2D eigenvalue weighted by Crippen LogP contribution is -2.31. The Morgan fingerprint density at radius 1 is 1.55 bits per heavy atom. The van der Waals surface area contributed by atoms with Crippen LogP contribution in [0.25, 0.3) is 0 Å². The third-order valence-corrected chi connectivity index (χ3v) is 5.57. The number of nitrogens with zero attached hydrogens (tertiary/aromatic N) is 2. The average Bonchev–Trinajstić information content (AvgIpc) is 2.88. The molecule has 108 valence electrons. The molecule has 0 spiro atoms. The molecular formula is C13H17N3O3S. The molecule has 0 aromatic heterocycles. The maximum Gasteiger partial charge on any atom is 0.245 e. The summed E-state index contributed by atoms with van der Waals surface area (Å²) in [7, 11) is -3.67. The molecule has 6 nitrogen and oxygen atoms in total. The summed E-state index contributed by atoms with van der Waals surface area (Å²) in [4.78, 5) is 0.0164. The first-order chi connectivity index (χ1) is 9.36. The van der Waals surface area contributed by atoms with Crippen LogP contribution in [0.15, 0.2) is 23.1 Å². The molecule has 0 amide bonds. The van der Waals surface area contributed by atoms with Crippen molar-refractivity contribution in [2.45, 2.75) is 24.3 Å². The zero-order valence-corrected chi connectivity index (χ0v) is 12.0. The van der Waals surface area contributed by atoms with Gasteiger partial charge in [0.2, 0.25) is 10.0 Å². The van der Waals surface area contributed by atoms with E-state index < -0.39 is 16.1 Å². The van der Waals surface area contributed by atoms with Gasteiger partial charge in [-0.1, -0.05) is 0 Å². The summed E-state index contributed by atoms with van der Waals surface area (Å²) in [5, 5.41) is 18.3. The van der Waals surface area contributed by atoms with Gasteiger partial charge in [0.1, 0.15) is 4.90 Å². The number of benzene rings is 1. The summed E-state index contributed by atoms with van der Waals surface area (Å²) in [5.74, 6) is -0.0515. The van der Waals surface area contributed by atoms with Gasteiger partial charge in [-0.05, 0) is 37.5 Å². The summed E-state index contributed by atoms with van der Waals surface area (Å²) in [6.07, 6.45) is 0.0982. The Balaban J connectivity index is 2.30. The van der Waals surface area contributed by atoms with Crippen LogP contribution in [0.1, 0.15) is 18.9 Å². The molecule has 7 heteroatoms. The molecule has 1 heterocycles. The summed E-state index contributed by atoms with van der Waals surface area (Å²) in [6, 6.07) is 6.07. The van der Waals surface area contributed by atoms with E-state index in [2.05, 4.69) is 0 Å². The fraction of sp³-hybridized carbons (Fsp3) is 0.462. The van der Waals surface area contributed by atoms with Crippen molar-refractivity contribution in [3.05, 3.63) is 23.8 Å². The number of hydrogen-bond donors (Lipinski definition) is 2. The molecule has 1 aliphatic rings. The van der Waals surface area contributed by atoms with Crippen molar-refractivity contribution in [1.82, 2.24) is 4.31 Å². The topological polar surface area (TPSA) is 107 Å². The second-order valence-corrected chi connectivity index (χ2v) is 6.92. The Bertz CT molecular complexity index is 649. The molecular weight excluding hydrogens is 278 g/mol. The highest BCUT2D eigenvalue weighted by Gasteiger charge is 2.35. The largest absolute Gasteiger partial charge is 0.398 e. The van der Waals surface area contributed by atoms with E-state index in [0.717, 1.165) is 0 Å². The minimum absolute atomic E-state index is 0.0164. The minimum Gasteiger partial charge on any atom is -0.398 e. The molecule has 1 aliphatic heterocycles. The van der Waals surface area contributed by atoms with Crippen LogP contribution in [0, 0.1) is 17.2 Å². The molecule has 0 aliphatic carbocycles. The van der Waals surface area contributed by atoms with E-state index >= 15 is 0 Å². The molecule has 0 bridgehead atoms. The van der Waals surface area contributed by atoms with Gasteiger partial charge in [-0.3, -0.25) is 0 Å². The zero-order valence-electron chi connectivity index (χ0n) is 11.2. The van der Waals surface area contributed by atoms with E-state index in [9.17, 15) is 13.5 Å². The zero-order chi connectivity index (χ0) is 14.9. The van der Waals surface area contributed by atoms with Crippen LogP contribution >= 0.6 is 0 Å². The van der Waals surface area contributed by atoms with Gasteiger partial charge in [0.25, 0.3) is 0 Å². The molecule has 20 heavy (non-hydrogen) atoms. The normalized spacial score (nSPS) is 21.6. The first kappa shape index (κ1) is 14.8. The van der Waals surface area contributed by atoms with Crippen molar-refractivity contribution < 1.29 is 13.5 Å². The fourth-order valence-electron chi connectivity index (χ4n) is 2.36. The second-order valence-electron chi connectivity index (χ2n) is 5.02. The van der Waals surface area contributed by atoms with Gasteiger partial charge in [0, 0.05) is 13.1 Å². The van der Waals surface area contributed by atoms with Crippen LogP contribution in [0.3, 0.4) is 0 Å². The van der Waals surface area contributed by atoms with Gasteiger partial charge in [-0.15, -0.1) is 0 Å². The molecule has 3 N–H and O–H groups in total. The van der Waals surface area contributed by atoms with Gasteiger partial charge in [-0.2, -0.15) is 9.57 Å². The molecule has 0 radical (unpaired) electrons. The van der Waals surface area contributed by atoms with Crippen molar-refractivity contribution in [2.24, 2.45) is 5.92 Å². The Labute approximate surface area is 118 Å². The highest BCUT2D eigenvalue weighted by Crippen LogP contribution is 2.29. The van der Waals surface area contributed by atoms with E-state index in [4.69, 9.17) is 11.0 Å². The van der Waals surface area contributed by atoms with Gasteiger partial charge in [-0.25, -0.2) is 8.42 Å². The highest BCUT2D eigenvalue weighted by molar-refractivity contribution is 7.89. The standard InChI is InChI=1S/C13H17N3O3S/c1-9(17)11-4-5-16(8-11)20(18,19)13-3-2-10(7-14)6-12(13)15/h2-3,6,9,11,17H,4-5,8,15H2,1H3. The lowest BCUT2D eigenvalue weighted by molar-refractivity contribution is 0.133. The van der Waals surface area contributed by atoms with Crippen LogP contribution in [0.2, 0.25) is 0 Å². The number of hydrogen-bond acceptors (Lipinski definition) is 5. The summed E-state index contributed by atoms with van der Waals surface area (Å²) >= 11 is 0. The Hall–Kier alpha value is -1.62. The van der Waals surface area contributed by atoms with E-state index in [0.29, 0.717) is 25.1 Å². The number of sulfonamides is 1. The van der Waals surface area contributed by atoms with Crippen molar-refractivity contribution >= 4 is 15.7 Å². The number of anilines is 1. The average molecular weight is 295 g/mol. The van der Waals surface area contributed by atoms with Gasteiger partial charge in [0.05, 0.1) is 23.4 Å². The molecule has 0 saturated carbocycles. The van der Waals surface area contributed by atoms with Crippen LogP contribution < -0.4 is 5.73 Å². The van der Waals surface area contributed by atoms with Crippen molar-refractivity contribution in [3.8, 4) is 6.07 Å². The lowest BCUT2D eigenvalue weighted by Gasteiger charge is -2.18. The minimum atomic E-state index is -3.67. The summed E-state index contributed by atoms with van der Waals surface area (Å²) in [6.45, 7) is 2.33.